The molecule has 12 heavy (non-hydrogen) atoms. The average molecular weight is 191 g/mol. The van der Waals surface area contributed by atoms with Crippen molar-refractivity contribution in [2.45, 2.75) is 12.1 Å². The van der Waals surface area contributed by atoms with Crippen LogP contribution < -0.4 is 0 Å². The Hall–Kier alpha value is -0.880. The van der Waals surface area contributed by atoms with E-state index >= 15 is 0 Å². The summed E-state index contributed by atoms with van der Waals surface area (Å²) in [6, 6.07) is 0. The lowest BCUT2D eigenvalue weighted by Crippen LogP contribution is -2.45. The standard InChI is InChI=1S/C5H4F5O2/c1-2-12-3(11)4(6,7)5(8,9)10/h1-2H2. The molecule has 2 nitrogen and oxygen atoms in total. The van der Waals surface area contributed by atoms with E-state index in [1.54, 1.807) is 0 Å². The molecule has 0 spiro atoms. The molecule has 0 fully saturated rings. The van der Waals surface area contributed by atoms with Gasteiger partial charge in [0.2, 0.25) is 0 Å². The summed E-state index contributed by atoms with van der Waals surface area (Å²) in [4.78, 5) is 9.98. The van der Waals surface area contributed by atoms with Gasteiger partial charge < -0.3 is 4.74 Å². The van der Waals surface area contributed by atoms with E-state index in [1.165, 1.54) is 0 Å². The Morgan fingerprint density at radius 3 is 1.92 bits per heavy atom. The van der Waals surface area contributed by atoms with Crippen LogP contribution in [0.5, 0.6) is 0 Å². The molecule has 0 aromatic rings. The first kappa shape index (κ1) is 11.1. The van der Waals surface area contributed by atoms with Crippen LogP contribution in [0.15, 0.2) is 0 Å². The summed E-state index contributed by atoms with van der Waals surface area (Å²) in [6.07, 6.45) is -5.92. The van der Waals surface area contributed by atoms with E-state index < -0.39 is 24.7 Å². The Morgan fingerprint density at radius 2 is 1.67 bits per heavy atom. The van der Waals surface area contributed by atoms with Gasteiger partial charge in [0.05, 0.1) is 6.61 Å². The molecule has 0 aliphatic rings. The molecule has 0 amide bonds. The van der Waals surface area contributed by atoms with E-state index in [-0.39, 0.29) is 0 Å². The molecular weight excluding hydrogens is 187 g/mol. The van der Waals surface area contributed by atoms with Gasteiger partial charge in [-0.25, -0.2) is 4.79 Å². The summed E-state index contributed by atoms with van der Waals surface area (Å²) in [5.74, 6) is -8.09. The molecule has 0 saturated heterocycles. The summed E-state index contributed by atoms with van der Waals surface area (Å²) in [7, 11) is 0. The van der Waals surface area contributed by atoms with Crippen molar-refractivity contribution in [3.05, 3.63) is 6.92 Å². The first-order chi connectivity index (χ1) is 5.23. The maximum atomic E-state index is 11.9. The smallest absolute Gasteiger partial charge is 0.461 e. The number of carbonyl (C=O) groups is 1. The van der Waals surface area contributed by atoms with E-state index in [2.05, 4.69) is 11.7 Å². The van der Waals surface area contributed by atoms with E-state index in [0.29, 0.717) is 0 Å². The highest BCUT2D eigenvalue weighted by Crippen LogP contribution is 2.36. The quantitative estimate of drug-likeness (QED) is 0.489. The maximum Gasteiger partial charge on any atom is 0.465 e. The molecule has 0 bridgehead atoms. The van der Waals surface area contributed by atoms with Crippen molar-refractivity contribution in [2.75, 3.05) is 6.61 Å². The summed E-state index contributed by atoms with van der Waals surface area (Å²) in [6.45, 7) is 2.00. The molecule has 0 heterocycles. The third-order valence-electron chi connectivity index (χ3n) is 0.846. The lowest BCUT2D eigenvalue weighted by Gasteiger charge is -2.16. The molecule has 0 aromatic carbocycles. The number of carbonyl (C=O) groups excluding carboxylic acids is 1. The molecule has 0 aromatic heterocycles. The highest BCUT2D eigenvalue weighted by Gasteiger charge is 2.64. The minimum absolute atomic E-state index is 0.773. The van der Waals surface area contributed by atoms with Crippen molar-refractivity contribution in [3.8, 4) is 0 Å². The Balaban J connectivity index is 4.50. The molecule has 7 heteroatoms. The monoisotopic (exact) mass is 191 g/mol. The highest BCUT2D eigenvalue weighted by atomic mass is 19.4. The van der Waals surface area contributed by atoms with Gasteiger partial charge in [-0.3, -0.25) is 0 Å². The number of hydrogen-bond acceptors (Lipinski definition) is 2. The van der Waals surface area contributed by atoms with Crippen molar-refractivity contribution in [2.24, 2.45) is 0 Å². The number of esters is 1. The van der Waals surface area contributed by atoms with Crippen LogP contribution in [0.25, 0.3) is 0 Å². The molecule has 0 atom stereocenters. The number of halogens is 5. The molecule has 0 N–H and O–H groups in total. The van der Waals surface area contributed by atoms with Gasteiger partial charge in [0.25, 0.3) is 0 Å². The summed E-state index contributed by atoms with van der Waals surface area (Å²) in [5, 5.41) is 0. The van der Waals surface area contributed by atoms with Crippen molar-refractivity contribution in [3.63, 3.8) is 0 Å². The van der Waals surface area contributed by atoms with Crippen LogP contribution >= 0.6 is 0 Å². The zero-order valence-corrected chi connectivity index (χ0v) is 5.62. The maximum absolute atomic E-state index is 11.9. The Labute approximate surface area is 64.3 Å². The van der Waals surface area contributed by atoms with E-state index in [1.807, 2.05) is 0 Å². The second kappa shape index (κ2) is 3.24. The Kier molecular flexibility index (Phi) is 3.00. The number of alkyl halides is 5. The zero-order chi connectivity index (χ0) is 9.99. The predicted molar refractivity (Wildman–Crippen MR) is 27.3 cm³/mol. The van der Waals surface area contributed by atoms with Gasteiger partial charge in [-0.05, 0) is 6.92 Å². The highest BCUT2D eigenvalue weighted by molar-refractivity contribution is 5.78. The second-order valence-corrected chi connectivity index (χ2v) is 1.71. The van der Waals surface area contributed by atoms with Crippen LogP contribution in [0, 0.1) is 6.92 Å². The van der Waals surface area contributed by atoms with Crippen molar-refractivity contribution in [1.29, 1.82) is 0 Å². The number of rotatable bonds is 2. The SMILES string of the molecule is [CH2]COC(=O)C(F)(F)C(F)(F)F. The van der Waals surface area contributed by atoms with Crippen LogP contribution in [-0.2, 0) is 9.53 Å². The van der Waals surface area contributed by atoms with Crippen molar-refractivity contribution >= 4 is 5.97 Å². The number of ether oxygens (including phenoxy) is 1. The molecular formula is C5H4F5O2. The third kappa shape index (κ3) is 2.05. The molecule has 71 valence electrons. The van der Waals surface area contributed by atoms with Gasteiger partial charge in [0.1, 0.15) is 0 Å². The first-order valence-corrected chi connectivity index (χ1v) is 2.64. The normalized spacial score (nSPS) is 12.8. The van der Waals surface area contributed by atoms with E-state index in [0.717, 1.165) is 0 Å². The lowest BCUT2D eigenvalue weighted by molar-refractivity contribution is -0.280. The van der Waals surface area contributed by atoms with Crippen molar-refractivity contribution in [1.82, 2.24) is 0 Å². The van der Waals surface area contributed by atoms with Crippen LogP contribution in [0.1, 0.15) is 0 Å². The fourth-order valence-corrected chi connectivity index (χ4v) is 0.299. The largest absolute Gasteiger partial charge is 0.465 e. The van der Waals surface area contributed by atoms with Gasteiger partial charge in [-0.15, -0.1) is 0 Å². The topological polar surface area (TPSA) is 26.3 Å². The molecule has 0 aliphatic carbocycles. The zero-order valence-electron chi connectivity index (χ0n) is 5.62. The van der Waals surface area contributed by atoms with Crippen molar-refractivity contribution < 1.29 is 31.5 Å². The Bertz CT molecular complexity index is 173. The van der Waals surface area contributed by atoms with E-state index in [9.17, 15) is 26.7 Å². The average Bonchev–Trinajstić information content (AvgIpc) is 1.85. The predicted octanol–water partition coefficient (Wildman–Crippen LogP) is 1.56. The molecule has 0 unspecified atom stereocenters. The fourth-order valence-electron chi connectivity index (χ4n) is 0.299. The summed E-state index contributed by atoms with van der Waals surface area (Å²) in [5.41, 5.74) is 0. The van der Waals surface area contributed by atoms with Crippen LogP contribution in [0.2, 0.25) is 0 Å². The van der Waals surface area contributed by atoms with Gasteiger partial charge in [0, 0.05) is 0 Å². The summed E-state index contributed by atoms with van der Waals surface area (Å²) >= 11 is 0. The van der Waals surface area contributed by atoms with Crippen LogP contribution in [0.3, 0.4) is 0 Å². The van der Waals surface area contributed by atoms with Crippen LogP contribution in [-0.4, -0.2) is 24.7 Å². The minimum Gasteiger partial charge on any atom is -0.461 e. The minimum atomic E-state index is -5.92. The van der Waals surface area contributed by atoms with E-state index in [4.69, 9.17) is 0 Å². The fraction of sp³-hybridized carbons (Fsp3) is 0.600. The van der Waals surface area contributed by atoms with Gasteiger partial charge >= 0.3 is 18.1 Å². The van der Waals surface area contributed by atoms with Crippen LogP contribution in [0.4, 0.5) is 22.0 Å². The molecule has 0 saturated carbocycles. The third-order valence-corrected chi connectivity index (χ3v) is 0.846. The summed E-state index contributed by atoms with van der Waals surface area (Å²) < 4.78 is 61.2. The first-order valence-electron chi connectivity index (χ1n) is 2.64. The van der Waals surface area contributed by atoms with Gasteiger partial charge in [-0.2, -0.15) is 22.0 Å². The Morgan fingerprint density at radius 1 is 1.25 bits per heavy atom. The lowest BCUT2D eigenvalue weighted by atomic mass is 10.3. The molecule has 0 rings (SSSR count). The number of hydrogen-bond donors (Lipinski definition) is 0. The molecule has 1 radical (unpaired) electrons. The molecule has 0 aliphatic heterocycles. The van der Waals surface area contributed by atoms with Gasteiger partial charge in [-0.1, -0.05) is 0 Å². The second-order valence-electron chi connectivity index (χ2n) is 1.71. The van der Waals surface area contributed by atoms with Gasteiger partial charge in [0.15, 0.2) is 0 Å².